The number of carboxylic acid groups (broad SMARTS) is 1. The van der Waals surface area contributed by atoms with Gasteiger partial charge < -0.3 is 14.9 Å². The maximum atomic E-state index is 12.4. The Morgan fingerprint density at radius 1 is 1.58 bits per heavy atom. The summed E-state index contributed by atoms with van der Waals surface area (Å²) in [6.07, 6.45) is 0.813. The van der Waals surface area contributed by atoms with Gasteiger partial charge in [-0.15, -0.1) is 0 Å². The molecule has 0 saturated heterocycles. The van der Waals surface area contributed by atoms with Crippen LogP contribution >= 0.6 is 0 Å². The van der Waals surface area contributed by atoms with E-state index in [0.717, 1.165) is 6.08 Å². The van der Waals surface area contributed by atoms with E-state index in [-0.39, 0.29) is 26.2 Å². The van der Waals surface area contributed by atoms with Crippen LogP contribution in [-0.4, -0.2) is 36.0 Å². The molecule has 70 valence electrons. The fourth-order valence-corrected chi connectivity index (χ4v) is 0.487. The SMILES string of the molecule is O=C(O)CCOC/C(F)=C\CO. The minimum absolute atomic E-state index is 0.0258. The Morgan fingerprint density at radius 2 is 2.25 bits per heavy atom. The van der Waals surface area contributed by atoms with Crippen LogP contribution in [0.3, 0.4) is 0 Å². The molecule has 0 aliphatic heterocycles. The van der Waals surface area contributed by atoms with Gasteiger partial charge in [-0.3, -0.25) is 4.79 Å². The molecule has 5 heteroatoms. The summed E-state index contributed by atoms with van der Waals surface area (Å²) in [5, 5.41) is 16.4. The van der Waals surface area contributed by atoms with Crippen LogP contribution in [0.25, 0.3) is 0 Å². The van der Waals surface area contributed by atoms with Crippen molar-refractivity contribution >= 4 is 5.97 Å². The highest BCUT2D eigenvalue weighted by atomic mass is 19.1. The molecule has 0 aromatic heterocycles. The Labute approximate surface area is 69.3 Å². The normalized spacial score (nSPS) is 11.7. The van der Waals surface area contributed by atoms with Gasteiger partial charge in [0.15, 0.2) is 0 Å². The minimum atomic E-state index is -0.985. The van der Waals surface area contributed by atoms with Crippen LogP contribution < -0.4 is 0 Å². The zero-order valence-electron chi connectivity index (χ0n) is 6.49. The first-order valence-electron chi connectivity index (χ1n) is 3.41. The smallest absolute Gasteiger partial charge is 0.305 e. The van der Waals surface area contributed by atoms with E-state index in [1.807, 2.05) is 0 Å². The van der Waals surface area contributed by atoms with Crippen LogP contribution in [0.15, 0.2) is 11.9 Å². The summed E-state index contributed by atoms with van der Waals surface area (Å²) in [6, 6.07) is 0. The molecule has 0 amide bonds. The highest BCUT2D eigenvalue weighted by Gasteiger charge is 1.97. The highest BCUT2D eigenvalue weighted by molar-refractivity contribution is 5.66. The third-order valence-electron chi connectivity index (χ3n) is 1.01. The lowest BCUT2D eigenvalue weighted by molar-refractivity contribution is -0.138. The Kier molecular flexibility index (Phi) is 6.22. The van der Waals surface area contributed by atoms with Crippen LogP contribution in [0.5, 0.6) is 0 Å². The molecule has 2 N–H and O–H groups in total. The Morgan fingerprint density at radius 3 is 2.75 bits per heavy atom. The summed E-state index contributed by atoms with van der Waals surface area (Å²) in [4.78, 5) is 9.94. The molecule has 0 spiro atoms. The summed E-state index contributed by atoms with van der Waals surface area (Å²) in [6.45, 7) is -0.690. The van der Waals surface area contributed by atoms with E-state index in [0.29, 0.717) is 0 Å². The van der Waals surface area contributed by atoms with E-state index in [2.05, 4.69) is 4.74 Å². The van der Waals surface area contributed by atoms with Gasteiger partial charge in [-0.2, -0.15) is 0 Å². The third kappa shape index (κ3) is 7.17. The number of ether oxygens (including phenoxy) is 1. The van der Waals surface area contributed by atoms with Crippen LogP contribution in [0.2, 0.25) is 0 Å². The van der Waals surface area contributed by atoms with Crippen molar-refractivity contribution in [3.05, 3.63) is 11.9 Å². The lowest BCUT2D eigenvalue weighted by Gasteiger charge is -1.98. The van der Waals surface area contributed by atoms with E-state index >= 15 is 0 Å². The van der Waals surface area contributed by atoms with Crippen LogP contribution in [0.4, 0.5) is 4.39 Å². The van der Waals surface area contributed by atoms with Crippen molar-refractivity contribution in [3.63, 3.8) is 0 Å². The van der Waals surface area contributed by atoms with Gasteiger partial charge in [0.05, 0.1) is 26.2 Å². The molecule has 4 nitrogen and oxygen atoms in total. The van der Waals surface area contributed by atoms with Crippen molar-refractivity contribution in [2.75, 3.05) is 19.8 Å². The van der Waals surface area contributed by atoms with Crippen molar-refractivity contribution in [1.29, 1.82) is 0 Å². The zero-order chi connectivity index (χ0) is 9.40. The first kappa shape index (κ1) is 11.1. The quantitative estimate of drug-likeness (QED) is 0.575. The first-order chi connectivity index (χ1) is 5.66. The van der Waals surface area contributed by atoms with Gasteiger partial charge in [0, 0.05) is 0 Å². The number of carboxylic acids is 1. The molecule has 0 unspecified atom stereocenters. The van der Waals surface area contributed by atoms with Crippen LogP contribution in [0, 0.1) is 0 Å². The van der Waals surface area contributed by atoms with Crippen molar-refractivity contribution in [2.24, 2.45) is 0 Å². The predicted octanol–water partition coefficient (Wildman–Crippen LogP) is 0.323. The molecule has 12 heavy (non-hydrogen) atoms. The standard InChI is InChI=1S/C7H11FO4/c8-6(1-3-9)5-12-4-2-7(10)11/h1,9H,2-5H2,(H,10,11)/b6-1+. The van der Waals surface area contributed by atoms with E-state index in [9.17, 15) is 9.18 Å². The molecule has 0 atom stereocenters. The number of aliphatic carboxylic acids is 1. The van der Waals surface area contributed by atoms with Gasteiger partial charge in [0.1, 0.15) is 5.83 Å². The average Bonchev–Trinajstić information content (AvgIpc) is 1.98. The molecular formula is C7H11FO4. The number of hydrogen-bond donors (Lipinski definition) is 2. The molecule has 0 aliphatic rings. The average molecular weight is 178 g/mol. The van der Waals surface area contributed by atoms with E-state index in [1.165, 1.54) is 0 Å². The summed E-state index contributed by atoms with van der Waals surface area (Å²) >= 11 is 0. The van der Waals surface area contributed by atoms with Crippen LogP contribution in [-0.2, 0) is 9.53 Å². The number of aliphatic hydroxyl groups is 1. The highest BCUT2D eigenvalue weighted by Crippen LogP contribution is 1.96. The fraction of sp³-hybridized carbons (Fsp3) is 0.571. The number of aliphatic hydroxyl groups excluding tert-OH is 1. The Balaban J connectivity index is 3.31. The van der Waals surface area contributed by atoms with Gasteiger partial charge in [-0.1, -0.05) is 0 Å². The maximum Gasteiger partial charge on any atom is 0.305 e. The second-order valence-corrected chi connectivity index (χ2v) is 2.03. The van der Waals surface area contributed by atoms with Gasteiger partial charge in [-0.05, 0) is 6.08 Å². The first-order valence-corrected chi connectivity index (χ1v) is 3.41. The molecular weight excluding hydrogens is 167 g/mol. The second kappa shape index (κ2) is 6.75. The van der Waals surface area contributed by atoms with Gasteiger partial charge in [-0.25, -0.2) is 4.39 Å². The van der Waals surface area contributed by atoms with E-state index in [1.54, 1.807) is 0 Å². The molecule has 0 aromatic rings. The van der Waals surface area contributed by atoms with Crippen molar-refractivity contribution in [2.45, 2.75) is 6.42 Å². The van der Waals surface area contributed by atoms with E-state index < -0.39 is 11.8 Å². The molecule has 0 radical (unpaired) electrons. The Bertz CT molecular complexity index is 167. The van der Waals surface area contributed by atoms with Gasteiger partial charge in [0.25, 0.3) is 0 Å². The topological polar surface area (TPSA) is 66.8 Å². The fourth-order valence-electron chi connectivity index (χ4n) is 0.487. The molecule has 0 heterocycles. The number of halogens is 1. The summed E-state index contributed by atoms with van der Waals surface area (Å²) < 4.78 is 17.0. The number of rotatable bonds is 6. The molecule has 0 aromatic carbocycles. The van der Waals surface area contributed by atoms with Gasteiger partial charge >= 0.3 is 5.97 Å². The van der Waals surface area contributed by atoms with Crippen molar-refractivity contribution < 1.29 is 24.1 Å². The Hall–Kier alpha value is -0.940. The number of carbonyl (C=O) groups is 1. The third-order valence-corrected chi connectivity index (χ3v) is 1.01. The van der Waals surface area contributed by atoms with Gasteiger partial charge in [0.2, 0.25) is 0 Å². The minimum Gasteiger partial charge on any atom is -0.481 e. The van der Waals surface area contributed by atoms with Crippen molar-refractivity contribution in [1.82, 2.24) is 0 Å². The largest absolute Gasteiger partial charge is 0.481 e. The maximum absolute atomic E-state index is 12.4. The monoisotopic (exact) mass is 178 g/mol. The molecule has 0 saturated carbocycles. The van der Waals surface area contributed by atoms with Crippen molar-refractivity contribution in [3.8, 4) is 0 Å². The zero-order valence-corrected chi connectivity index (χ0v) is 6.49. The lowest BCUT2D eigenvalue weighted by atomic mass is 10.4. The molecule has 0 rings (SSSR count). The second-order valence-electron chi connectivity index (χ2n) is 2.03. The molecule has 0 bridgehead atoms. The van der Waals surface area contributed by atoms with E-state index in [4.69, 9.17) is 10.2 Å². The summed E-state index contributed by atoms with van der Waals surface area (Å²) in [7, 11) is 0. The summed E-state index contributed by atoms with van der Waals surface area (Å²) in [5.41, 5.74) is 0. The predicted molar refractivity (Wildman–Crippen MR) is 39.3 cm³/mol. The van der Waals surface area contributed by atoms with Crippen LogP contribution in [0.1, 0.15) is 6.42 Å². The number of hydrogen-bond acceptors (Lipinski definition) is 3. The summed E-state index contributed by atoms with van der Waals surface area (Å²) in [5.74, 6) is -1.58. The lowest BCUT2D eigenvalue weighted by Crippen LogP contribution is -2.04. The molecule has 0 aliphatic carbocycles. The molecule has 0 fully saturated rings.